The maximum atomic E-state index is 12.7. The molecular weight excluding hydrogens is 721 g/mol. The Kier molecular flexibility index (Phi) is 44.5. The minimum absolute atomic E-state index is 0.0889. The van der Waals surface area contributed by atoms with Crippen LogP contribution in [0.2, 0.25) is 0 Å². The first kappa shape index (κ1) is 55.1. The van der Waals surface area contributed by atoms with E-state index in [0.29, 0.717) is 19.3 Å². The highest BCUT2D eigenvalue weighted by Crippen LogP contribution is 2.15. The molecule has 58 heavy (non-hydrogen) atoms. The first-order valence-corrected chi connectivity index (χ1v) is 24.3. The molecule has 0 heterocycles. The van der Waals surface area contributed by atoms with Crippen LogP contribution in [0.5, 0.6) is 0 Å². The van der Waals surface area contributed by atoms with E-state index in [9.17, 15) is 14.4 Å². The highest BCUT2D eigenvalue weighted by molar-refractivity contribution is 5.71. The lowest BCUT2D eigenvalue weighted by atomic mass is 10.0. The van der Waals surface area contributed by atoms with E-state index in [1.54, 1.807) is 0 Å². The van der Waals surface area contributed by atoms with Crippen molar-refractivity contribution < 1.29 is 28.6 Å². The van der Waals surface area contributed by atoms with E-state index in [1.165, 1.54) is 109 Å². The van der Waals surface area contributed by atoms with Gasteiger partial charge in [-0.2, -0.15) is 0 Å². The number of carbonyl (C=O) groups is 3. The van der Waals surface area contributed by atoms with Crippen LogP contribution in [0.1, 0.15) is 233 Å². The van der Waals surface area contributed by atoms with Crippen molar-refractivity contribution in [1.29, 1.82) is 0 Å². The molecule has 0 saturated heterocycles. The molecule has 0 saturated carbocycles. The van der Waals surface area contributed by atoms with Crippen molar-refractivity contribution in [3.8, 4) is 0 Å². The van der Waals surface area contributed by atoms with Crippen LogP contribution in [0.3, 0.4) is 0 Å². The summed E-state index contributed by atoms with van der Waals surface area (Å²) in [6, 6.07) is 0. The second-order valence-electron chi connectivity index (χ2n) is 16.0. The van der Waals surface area contributed by atoms with E-state index in [4.69, 9.17) is 14.2 Å². The smallest absolute Gasteiger partial charge is 0.306 e. The zero-order chi connectivity index (χ0) is 42.3. The molecule has 0 fully saturated rings. The number of allylic oxidation sites excluding steroid dienone is 10. The molecule has 0 rings (SSSR count). The van der Waals surface area contributed by atoms with E-state index < -0.39 is 6.10 Å². The lowest BCUT2D eigenvalue weighted by Gasteiger charge is -2.18. The van der Waals surface area contributed by atoms with E-state index in [-0.39, 0.29) is 37.5 Å². The van der Waals surface area contributed by atoms with Crippen molar-refractivity contribution in [3.63, 3.8) is 0 Å². The summed E-state index contributed by atoms with van der Waals surface area (Å²) in [7, 11) is 0. The Balaban J connectivity index is 4.44. The largest absolute Gasteiger partial charge is 0.462 e. The van der Waals surface area contributed by atoms with Gasteiger partial charge in [0.2, 0.25) is 0 Å². The predicted molar refractivity (Wildman–Crippen MR) is 247 cm³/mol. The monoisotopic (exact) mass is 811 g/mol. The summed E-state index contributed by atoms with van der Waals surface area (Å²) in [5.74, 6) is -0.948. The molecule has 0 amide bonds. The molecule has 0 bridgehead atoms. The van der Waals surface area contributed by atoms with E-state index in [1.807, 2.05) is 0 Å². The van der Waals surface area contributed by atoms with Gasteiger partial charge < -0.3 is 14.2 Å². The fraction of sp³-hybridized carbons (Fsp3) is 0.750. The topological polar surface area (TPSA) is 78.9 Å². The second kappa shape index (κ2) is 46.8. The summed E-state index contributed by atoms with van der Waals surface area (Å²) in [6.45, 7) is 6.46. The number of unbranched alkanes of at least 4 members (excludes halogenated alkanes) is 22. The Morgan fingerprint density at radius 3 is 1.05 bits per heavy atom. The van der Waals surface area contributed by atoms with Crippen LogP contribution in [0.4, 0.5) is 0 Å². The molecule has 6 heteroatoms. The summed E-state index contributed by atoms with van der Waals surface area (Å²) in [5.41, 5.74) is 0. The lowest BCUT2D eigenvalue weighted by molar-refractivity contribution is -0.167. The Morgan fingerprint density at radius 1 is 0.362 bits per heavy atom. The molecule has 0 radical (unpaired) electrons. The molecule has 0 unspecified atom stereocenters. The van der Waals surface area contributed by atoms with Crippen LogP contribution in [-0.2, 0) is 28.6 Å². The van der Waals surface area contributed by atoms with Crippen molar-refractivity contribution in [3.05, 3.63) is 60.8 Å². The van der Waals surface area contributed by atoms with E-state index in [2.05, 4.69) is 81.5 Å². The Labute approximate surface area is 358 Å². The third kappa shape index (κ3) is 44.2. The van der Waals surface area contributed by atoms with Gasteiger partial charge in [0.1, 0.15) is 13.2 Å². The third-order valence-corrected chi connectivity index (χ3v) is 10.3. The van der Waals surface area contributed by atoms with E-state index in [0.717, 1.165) is 77.0 Å². The first-order valence-electron chi connectivity index (χ1n) is 24.3. The standard InChI is InChI=1S/C52H90O6/c1-4-7-10-13-16-19-22-24-25-26-27-28-31-33-36-39-42-45-51(54)57-48-49(47-56-50(53)44-41-38-35-32-29-21-18-15-12-9-6-3)58-52(55)46-43-40-37-34-30-23-20-17-14-11-8-5-2/h7,10,16,19,24-25,27-28,33,36,49H,4-6,8-9,11-15,17-18,20-23,26,29-32,34-35,37-48H2,1-3H3/b10-7-,19-16-,25-24-,28-27-,36-33-/t49-/m0/s1. The average Bonchev–Trinajstić information content (AvgIpc) is 3.22. The summed E-state index contributed by atoms with van der Waals surface area (Å²) in [5, 5.41) is 0. The number of hydrogen-bond acceptors (Lipinski definition) is 6. The van der Waals surface area contributed by atoms with Gasteiger partial charge in [0.05, 0.1) is 0 Å². The van der Waals surface area contributed by atoms with Gasteiger partial charge >= 0.3 is 17.9 Å². The van der Waals surface area contributed by atoms with Crippen LogP contribution >= 0.6 is 0 Å². The maximum Gasteiger partial charge on any atom is 0.306 e. The number of esters is 3. The number of ether oxygens (including phenoxy) is 3. The first-order chi connectivity index (χ1) is 28.5. The average molecular weight is 811 g/mol. The van der Waals surface area contributed by atoms with Gasteiger partial charge in [-0.15, -0.1) is 0 Å². The molecule has 0 aromatic carbocycles. The van der Waals surface area contributed by atoms with Gasteiger partial charge in [0.15, 0.2) is 6.10 Å². The van der Waals surface area contributed by atoms with Gasteiger partial charge in [-0.05, 0) is 57.8 Å². The minimum atomic E-state index is -0.791. The lowest BCUT2D eigenvalue weighted by Crippen LogP contribution is -2.30. The number of hydrogen-bond donors (Lipinski definition) is 0. The fourth-order valence-electron chi connectivity index (χ4n) is 6.65. The maximum absolute atomic E-state index is 12.7. The van der Waals surface area contributed by atoms with Gasteiger partial charge in [0.25, 0.3) is 0 Å². The molecule has 0 aromatic heterocycles. The fourth-order valence-corrected chi connectivity index (χ4v) is 6.65. The van der Waals surface area contributed by atoms with Crippen LogP contribution in [0, 0.1) is 0 Å². The normalized spacial score (nSPS) is 12.5. The summed E-state index contributed by atoms with van der Waals surface area (Å²) in [4.78, 5) is 37.8. The second-order valence-corrected chi connectivity index (χ2v) is 16.0. The zero-order valence-corrected chi connectivity index (χ0v) is 38.0. The van der Waals surface area contributed by atoms with Crippen molar-refractivity contribution in [2.75, 3.05) is 13.2 Å². The Bertz CT molecular complexity index is 1070. The molecule has 0 aliphatic carbocycles. The number of carbonyl (C=O) groups excluding carboxylic acids is 3. The van der Waals surface area contributed by atoms with Crippen LogP contribution in [0.25, 0.3) is 0 Å². The molecule has 334 valence electrons. The summed E-state index contributed by atoms with van der Waals surface area (Å²) in [6.07, 6.45) is 56.3. The molecule has 1 atom stereocenters. The highest BCUT2D eigenvalue weighted by Gasteiger charge is 2.19. The summed E-state index contributed by atoms with van der Waals surface area (Å²) < 4.78 is 16.7. The van der Waals surface area contributed by atoms with Crippen LogP contribution < -0.4 is 0 Å². The molecule has 0 aromatic rings. The summed E-state index contributed by atoms with van der Waals surface area (Å²) >= 11 is 0. The molecular formula is C52H90O6. The molecule has 6 nitrogen and oxygen atoms in total. The molecule has 0 aliphatic heterocycles. The highest BCUT2D eigenvalue weighted by atomic mass is 16.6. The van der Waals surface area contributed by atoms with Crippen molar-refractivity contribution >= 4 is 17.9 Å². The molecule has 0 N–H and O–H groups in total. The molecule has 0 spiro atoms. The Morgan fingerprint density at radius 2 is 0.672 bits per heavy atom. The van der Waals surface area contributed by atoms with Crippen molar-refractivity contribution in [1.82, 2.24) is 0 Å². The van der Waals surface area contributed by atoms with Gasteiger partial charge in [0, 0.05) is 19.3 Å². The Hall–Kier alpha value is -2.89. The minimum Gasteiger partial charge on any atom is -0.462 e. The van der Waals surface area contributed by atoms with Crippen LogP contribution in [0.15, 0.2) is 60.8 Å². The van der Waals surface area contributed by atoms with Gasteiger partial charge in [-0.25, -0.2) is 0 Å². The predicted octanol–water partition coefficient (Wildman–Crippen LogP) is 15.7. The number of rotatable bonds is 43. The van der Waals surface area contributed by atoms with Gasteiger partial charge in [-0.1, -0.05) is 216 Å². The quantitative estimate of drug-likeness (QED) is 0.0264. The molecule has 0 aliphatic rings. The zero-order valence-electron chi connectivity index (χ0n) is 38.0. The SMILES string of the molecule is CC/C=C\C/C=C\C/C=C\C/C=C\C/C=C\CCCC(=O)OC[C@H](COC(=O)CCCCCCCCCCCCC)OC(=O)CCCCCCCCCCCCCC. The third-order valence-electron chi connectivity index (χ3n) is 10.3. The van der Waals surface area contributed by atoms with Crippen molar-refractivity contribution in [2.45, 2.75) is 239 Å². The van der Waals surface area contributed by atoms with Crippen LogP contribution in [-0.4, -0.2) is 37.2 Å². The van der Waals surface area contributed by atoms with E-state index >= 15 is 0 Å². The van der Waals surface area contributed by atoms with Crippen molar-refractivity contribution in [2.24, 2.45) is 0 Å². The van der Waals surface area contributed by atoms with Gasteiger partial charge in [-0.3, -0.25) is 14.4 Å².